The number of hydrogen-bond donors (Lipinski definition) is 0. The van der Waals surface area contributed by atoms with E-state index in [1.807, 2.05) is 12.1 Å². The van der Waals surface area contributed by atoms with Gasteiger partial charge in [-0.15, -0.1) is 11.3 Å². The summed E-state index contributed by atoms with van der Waals surface area (Å²) in [5.41, 5.74) is -0.0888. The summed E-state index contributed by atoms with van der Waals surface area (Å²) in [6.45, 7) is 4.15. The van der Waals surface area contributed by atoms with Crippen molar-refractivity contribution in [3.8, 4) is 12.1 Å². The van der Waals surface area contributed by atoms with Crippen molar-refractivity contribution in [2.45, 2.75) is 32.1 Å². The molecule has 0 amide bonds. The van der Waals surface area contributed by atoms with Gasteiger partial charge in [-0.25, -0.2) is 0 Å². The van der Waals surface area contributed by atoms with Crippen molar-refractivity contribution in [2.24, 2.45) is 0 Å². The minimum atomic E-state index is -0.0888. The Kier molecular flexibility index (Phi) is 3.28. The molecule has 3 heteroatoms. The van der Waals surface area contributed by atoms with E-state index in [-0.39, 0.29) is 5.41 Å². The fraction of sp³-hybridized carbons (Fsp3) is 0.455. The molecule has 1 unspecified atom stereocenters. The average molecular weight is 204 g/mol. The summed E-state index contributed by atoms with van der Waals surface area (Å²) in [7, 11) is 0. The van der Waals surface area contributed by atoms with Gasteiger partial charge in [-0.05, 0) is 18.6 Å². The van der Waals surface area contributed by atoms with Crippen LogP contribution >= 0.6 is 11.3 Å². The van der Waals surface area contributed by atoms with Gasteiger partial charge in [-0.3, -0.25) is 0 Å². The molecule has 14 heavy (non-hydrogen) atoms. The second kappa shape index (κ2) is 4.26. The molecule has 1 rings (SSSR count). The molecule has 1 atom stereocenters. The van der Waals surface area contributed by atoms with E-state index in [1.165, 1.54) is 11.3 Å². The molecule has 1 heterocycles. The molecule has 0 spiro atoms. The maximum atomic E-state index is 8.75. The summed E-state index contributed by atoms with van der Waals surface area (Å²) in [5.74, 6) is 0. The predicted molar refractivity (Wildman–Crippen MR) is 56.9 cm³/mol. The zero-order chi connectivity index (χ0) is 10.6. The third-order valence-corrected chi connectivity index (χ3v) is 3.86. The molecule has 0 saturated heterocycles. The largest absolute Gasteiger partial charge is 0.198 e. The molecular formula is C11H12N2S. The highest BCUT2D eigenvalue weighted by atomic mass is 32.1. The smallest absolute Gasteiger partial charge is 0.110 e. The van der Waals surface area contributed by atoms with E-state index in [1.54, 1.807) is 0 Å². The number of rotatable bonds is 3. The van der Waals surface area contributed by atoms with Gasteiger partial charge in [0.2, 0.25) is 0 Å². The van der Waals surface area contributed by atoms with Crippen molar-refractivity contribution in [3.05, 3.63) is 21.9 Å². The van der Waals surface area contributed by atoms with E-state index in [0.717, 1.165) is 16.2 Å². The highest BCUT2D eigenvalue weighted by Crippen LogP contribution is 2.35. The monoisotopic (exact) mass is 204 g/mol. The van der Waals surface area contributed by atoms with E-state index >= 15 is 0 Å². The Morgan fingerprint density at radius 3 is 2.57 bits per heavy atom. The minimum Gasteiger partial charge on any atom is -0.198 e. The van der Waals surface area contributed by atoms with Crippen LogP contribution in [0.2, 0.25) is 0 Å². The van der Waals surface area contributed by atoms with Crippen LogP contribution in [-0.4, -0.2) is 0 Å². The highest BCUT2D eigenvalue weighted by molar-refractivity contribution is 7.12. The fourth-order valence-corrected chi connectivity index (χ4v) is 2.30. The van der Waals surface area contributed by atoms with Gasteiger partial charge < -0.3 is 0 Å². The first-order valence-electron chi connectivity index (χ1n) is 4.53. The summed E-state index contributed by atoms with van der Waals surface area (Å²) in [6.07, 6.45) is 1.43. The second-order valence-corrected chi connectivity index (χ2v) is 4.61. The molecule has 2 nitrogen and oxygen atoms in total. The topological polar surface area (TPSA) is 47.6 Å². The van der Waals surface area contributed by atoms with Gasteiger partial charge in [-0.1, -0.05) is 13.8 Å². The third-order valence-electron chi connectivity index (χ3n) is 2.56. The minimum absolute atomic E-state index is 0.0888. The number of thiophene rings is 1. The van der Waals surface area contributed by atoms with E-state index in [4.69, 9.17) is 10.5 Å². The standard InChI is InChI=1S/C11H12N2S/c1-3-11(2,6-7-12)10-5-4-9(8-13)14-10/h4-5H,3,6H2,1-2H3. The van der Waals surface area contributed by atoms with Crippen LogP contribution in [-0.2, 0) is 5.41 Å². The summed E-state index contributed by atoms with van der Waals surface area (Å²) in [6, 6.07) is 8.12. The van der Waals surface area contributed by atoms with Crippen LogP contribution in [0.3, 0.4) is 0 Å². The van der Waals surface area contributed by atoms with Gasteiger partial charge in [0.25, 0.3) is 0 Å². The quantitative estimate of drug-likeness (QED) is 0.759. The number of hydrogen-bond acceptors (Lipinski definition) is 3. The first-order chi connectivity index (χ1) is 6.66. The van der Waals surface area contributed by atoms with Gasteiger partial charge in [-0.2, -0.15) is 10.5 Å². The zero-order valence-corrected chi connectivity index (χ0v) is 9.19. The lowest BCUT2D eigenvalue weighted by Crippen LogP contribution is -2.18. The van der Waals surface area contributed by atoms with Gasteiger partial charge in [0.15, 0.2) is 0 Å². The van der Waals surface area contributed by atoms with Crippen LogP contribution < -0.4 is 0 Å². The van der Waals surface area contributed by atoms with Crippen LogP contribution in [0.4, 0.5) is 0 Å². The first-order valence-corrected chi connectivity index (χ1v) is 5.35. The van der Waals surface area contributed by atoms with E-state index in [0.29, 0.717) is 6.42 Å². The lowest BCUT2D eigenvalue weighted by molar-refractivity contribution is 0.475. The first kappa shape index (κ1) is 10.8. The number of nitriles is 2. The molecule has 0 fully saturated rings. The summed E-state index contributed by atoms with van der Waals surface area (Å²) >= 11 is 1.49. The Balaban J connectivity index is 3.02. The number of nitrogens with zero attached hydrogens (tertiary/aromatic N) is 2. The van der Waals surface area contributed by atoms with Gasteiger partial charge in [0.05, 0.1) is 6.07 Å². The van der Waals surface area contributed by atoms with Crippen molar-refractivity contribution >= 4 is 11.3 Å². The molecular weight excluding hydrogens is 192 g/mol. The maximum Gasteiger partial charge on any atom is 0.110 e. The van der Waals surface area contributed by atoms with Crippen LogP contribution in [0.15, 0.2) is 12.1 Å². The van der Waals surface area contributed by atoms with Crippen molar-refractivity contribution in [3.63, 3.8) is 0 Å². The zero-order valence-electron chi connectivity index (χ0n) is 8.37. The van der Waals surface area contributed by atoms with Crippen molar-refractivity contribution in [1.82, 2.24) is 0 Å². The molecule has 0 saturated carbocycles. The third kappa shape index (κ3) is 1.95. The molecule has 0 aromatic carbocycles. The SMILES string of the molecule is CCC(C)(CC#N)c1ccc(C#N)s1. The fourth-order valence-electron chi connectivity index (χ4n) is 1.28. The Labute approximate surface area is 88.4 Å². The highest BCUT2D eigenvalue weighted by Gasteiger charge is 2.26. The Hall–Kier alpha value is -1.32. The van der Waals surface area contributed by atoms with E-state index in [2.05, 4.69) is 26.0 Å². The molecule has 0 bridgehead atoms. The molecule has 0 aliphatic rings. The van der Waals surface area contributed by atoms with Crippen molar-refractivity contribution in [2.75, 3.05) is 0 Å². The summed E-state index contributed by atoms with van der Waals surface area (Å²) in [5, 5.41) is 17.5. The second-order valence-electron chi connectivity index (χ2n) is 3.52. The van der Waals surface area contributed by atoms with Crippen LogP contribution in [0.25, 0.3) is 0 Å². The molecule has 1 aromatic heterocycles. The Morgan fingerprint density at radius 1 is 1.43 bits per heavy atom. The molecule has 1 aromatic rings. The predicted octanol–water partition coefficient (Wildman–Crippen LogP) is 3.20. The van der Waals surface area contributed by atoms with Crippen molar-refractivity contribution < 1.29 is 0 Å². The van der Waals surface area contributed by atoms with Crippen LogP contribution in [0.5, 0.6) is 0 Å². The molecule has 0 N–H and O–H groups in total. The lowest BCUT2D eigenvalue weighted by atomic mass is 9.83. The summed E-state index contributed by atoms with van der Waals surface area (Å²) < 4.78 is 0. The van der Waals surface area contributed by atoms with E-state index < -0.39 is 0 Å². The van der Waals surface area contributed by atoms with E-state index in [9.17, 15) is 0 Å². The van der Waals surface area contributed by atoms with Crippen molar-refractivity contribution in [1.29, 1.82) is 10.5 Å². The van der Waals surface area contributed by atoms with Crippen LogP contribution in [0, 0.1) is 22.7 Å². The van der Waals surface area contributed by atoms with Gasteiger partial charge in [0, 0.05) is 16.7 Å². The molecule has 0 radical (unpaired) electrons. The Morgan fingerprint density at radius 2 is 2.14 bits per heavy atom. The van der Waals surface area contributed by atoms with Crippen LogP contribution in [0.1, 0.15) is 36.4 Å². The lowest BCUT2D eigenvalue weighted by Gasteiger charge is -2.23. The molecule has 0 aliphatic carbocycles. The summed E-state index contributed by atoms with van der Waals surface area (Å²) in [4.78, 5) is 1.86. The Bertz CT molecular complexity index is 394. The maximum absolute atomic E-state index is 8.75. The average Bonchev–Trinajstić information content (AvgIpc) is 2.66. The molecule has 72 valence electrons. The van der Waals surface area contributed by atoms with Gasteiger partial charge in [0.1, 0.15) is 10.9 Å². The molecule has 0 aliphatic heterocycles. The van der Waals surface area contributed by atoms with Gasteiger partial charge >= 0.3 is 0 Å². The normalized spacial score (nSPS) is 14.0.